The van der Waals surface area contributed by atoms with Crippen LogP contribution in [0.2, 0.25) is 0 Å². The summed E-state index contributed by atoms with van der Waals surface area (Å²) < 4.78 is 10.4. The second-order valence-corrected chi connectivity index (χ2v) is 2.15. The van der Waals surface area contributed by atoms with Crippen LogP contribution in [-0.2, 0) is 9.47 Å². The van der Waals surface area contributed by atoms with Gasteiger partial charge in [0, 0.05) is 6.42 Å². The van der Waals surface area contributed by atoms with Crippen molar-refractivity contribution in [3.8, 4) is 0 Å². The van der Waals surface area contributed by atoms with E-state index in [0.717, 1.165) is 12.8 Å². The zero-order valence-electron chi connectivity index (χ0n) is 6.12. The van der Waals surface area contributed by atoms with Crippen molar-refractivity contribution in [3.05, 3.63) is 24.7 Å². The predicted octanol–water partition coefficient (Wildman–Crippen LogP) is 2.19. The SMILES string of the molecule is CCCC1OC=CC=CO1. The molecule has 0 bridgehead atoms. The summed E-state index contributed by atoms with van der Waals surface area (Å²) in [4.78, 5) is 0. The van der Waals surface area contributed by atoms with Gasteiger partial charge in [0.25, 0.3) is 0 Å². The molecule has 0 aromatic heterocycles. The molecule has 0 radical (unpaired) electrons. The Morgan fingerprint density at radius 3 is 2.30 bits per heavy atom. The van der Waals surface area contributed by atoms with E-state index >= 15 is 0 Å². The Kier molecular flexibility index (Phi) is 2.87. The van der Waals surface area contributed by atoms with E-state index in [1.807, 2.05) is 12.2 Å². The fourth-order valence-corrected chi connectivity index (χ4v) is 0.761. The van der Waals surface area contributed by atoms with Gasteiger partial charge in [-0.1, -0.05) is 6.92 Å². The summed E-state index contributed by atoms with van der Waals surface area (Å²) in [5, 5.41) is 0. The molecule has 0 unspecified atom stereocenters. The molecule has 2 nitrogen and oxygen atoms in total. The van der Waals surface area contributed by atoms with E-state index in [4.69, 9.17) is 9.47 Å². The summed E-state index contributed by atoms with van der Waals surface area (Å²) in [6.45, 7) is 2.10. The number of rotatable bonds is 2. The van der Waals surface area contributed by atoms with E-state index in [1.54, 1.807) is 12.5 Å². The molecule has 0 N–H and O–H groups in total. The van der Waals surface area contributed by atoms with Crippen LogP contribution in [0.1, 0.15) is 19.8 Å². The molecule has 0 aromatic rings. The summed E-state index contributed by atoms with van der Waals surface area (Å²) in [5.74, 6) is 0. The number of hydrogen-bond acceptors (Lipinski definition) is 2. The highest BCUT2D eigenvalue weighted by atomic mass is 16.7. The molecule has 1 heterocycles. The maximum Gasteiger partial charge on any atom is 0.239 e. The topological polar surface area (TPSA) is 18.5 Å². The fourth-order valence-electron chi connectivity index (χ4n) is 0.761. The van der Waals surface area contributed by atoms with Crippen molar-refractivity contribution >= 4 is 0 Å². The Morgan fingerprint density at radius 2 is 1.80 bits per heavy atom. The summed E-state index contributed by atoms with van der Waals surface area (Å²) in [7, 11) is 0. The molecule has 0 aromatic carbocycles. The average Bonchev–Trinajstić information content (AvgIpc) is 2.17. The normalized spacial score (nSPS) is 17.7. The van der Waals surface area contributed by atoms with Crippen LogP contribution in [0.3, 0.4) is 0 Å². The molecule has 56 valence electrons. The van der Waals surface area contributed by atoms with Crippen molar-refractivity contribution in [1.82, 2.24) is 0 Å². The highest BCUT2D eigenvalue weighted by Gasteiger charge is 2.05. The van der Waals surface area contributed by atoms with E-state index in [0.29, 0.717) is 0 Å². The third-order valence-corrected chi connectivity index (χ3v) is 1.25. The van der Waals surface area contributed by atoms with Gasteiger partial charge in [0.05, 0.1) is 12.5 Å². The van der Waals surface area contributed by atoms with Gasteiger partial charge < -0.3 is 9.47 Å². The lowest BCUT2D eigenvalue weighted by Crippen LogP contribution is -2.09. The molecule has 0 saturated carbocycles. The molecular weight excluding hydrogens is 128 g/mol. The molecular formula is C8H12O2. The van der Waals surface area contributed by atoms with E-state index < -0.39 is 0 Å². The van der Waals surface area contributed by atoms with Crippen molar-refractivity contribution in [1.29, 1.82) is 0 Å². The zero-order chi connectivity index (χ0) is 7.23. The third-order valence-electron chi connectivity index (χ3n) is 1.25. The van der Waals surface area contributed by atoms with Crippen LogP contribution in [0.15, 0.2) is 24.7 Å². The first-order valence-corrected chi connectivity index (χ1v) is 3.56. The second-order valence-electron chi connectivity index (χ2n) is 2.15. The van der Waals surface area contributed by atoms with E-state index in [2.05, 4.69) is 6.92 Å². The first kappa shape index (κ1) is 7.19. The maximum absolute atomic E-state index is 5.18. The molecule has 0 spiro atoms. The van der Waals surface area contributed by atoms with Crippen LogP contribution in [-0.4, -0.2) is 6.29 Å². The highest BCUT2D eigenvalue weighted by molar-refractivity contribution is 4.97. The smallest absolute Gasteiger partial charge is 0.239 e. The van der Waals surface area contributed by atoms with Crippen LogP contribution in [0, 0.1) is 0 Å². The molecule has 1 aliphatic rings. The standard InChI is InChI=1S/C8H12O2/c1-2-5-8-9-6-3-4-7-10-8/h3-4,6-8H,2,5H2,1H3. The minimum Gasteiger partial charge on any atom is -0.463 e. The molecule has 0 amide bonds. The first-order valence-electron chi connectivity index (χ1n) is 3.56. The summed E-state index contributed by atoms with van der Waals surface area (Å²) in [6, 6.07) is 0. The van der Waals surface area contributed by atoms with Crippen molar-refractivity contribution < 1.29 is 9.47 Å². The Hall–Kier alpha value is -0.920. The molecule has 1 aliphatic heterocycles. The quantitative estimate of drug-likeness (QED) is 0.585. The number of ether oxygens (including phenoxy) is 2. The maximum atomic E-state index is 5.18. The predicted molar refractivity (Wildman–Crippen MR) is 39.1 cm³/mol. The van der Waals surface area contributed by atoms with Gasteiger partial charge in [0.1, 0.15) is 0 Å². The van der Waals surface area contributed by atoms with Crippen LogP contribution in [0.4, 0.5) is 0 Å². The first-order chi connectivity index (χ1) is 4.93. The monoisotopic (exact) mass is 140 g/mol. The van der Waals surface area contributed by atoms with E-state index in [-0.39, 0.29) is 6.29 Å². The highest BCUT2D eigenvalue weighted by Crippen LogP contribution is 2.07. The largest absolute Gasteiger partial charge is 0.463 e. The van der Waals surface area contributed by atoms with Gasteiger partial charge in [0.15, 0.2) is 0 Å². The van der Waals surface area contributed by atoms with Crippen molar-refractivity contribution in [2.24, 2.45) is 0 Å². The lowest BCUT2D eigenvalue weighted by atomic mass is 10.3. The van der Waals surface area contributed by atoms with Crippen molar-refractivity contribution in [3.63, 3.8) is 0 Å². The fraction of sp³-hybridized carbons (Fsp3) is 0.500. The molecule has 0 fully saturated rings. The zero-order valence-corrected chi connectivity index (χ0v) is 6.12. The lowest BCUT2D eigenvalue weighted by Gasteiger charge is -2.12. The number of allylic oxidation sites excluding steroid dienone is 2. The third kappa shape index (κ3) is 2.13. The molecule has 1 rings (SSSR count). The van der Waals surface area contributed by atoms with Crippen LogP contribution in [0.5, 0.6) is 0 Å². The average molecular weight is 140 g/mol. The molecule has 0 saturated heterocycles. The Bertz CT molecular complexity index is 124. The summed E-state index contributed by atoms with van der Waals surface area (Å²) in [5.41, 5.74) is 0. The summed E-state index contributed by atoms with van der Waals surface area (Å²) >= 11 is 0. The minimum absolute atomic E-state index is 0.0833. The Labute approximate surface area is 61.1 Å². The molecule has 0 aliphatic carbocycles. The van der Waals surface area contributed by atoms with Gasteiger partial charge in [-0.2, -0.15) is 0 Å². The van der Waals surface area contributed by atoms with Gasteiger partial charge in [0.2, 0.25) is 6.29 Å². The molecule has 10 heavy (non-hydrogen) atoms. The van der Waals surface area contributed by atoms with Crippen LogP contribution >= 0.6 is 0 Å². The minimum atomic E-state index is -0.0833. The van der Waals surface area contributed by atoms with Gasteiger partial charge in [-0.05, 0) is 18.6 Å². The van der Waals surface area contributed by atoms with E-state index in [1.165, 1.54) is 0 Å². The molecule has 2 heteroatoms. The Balaban J connectivity index is 2.32. The Morgan fingerprint density at radius 1 is 1.20 bits per heavy atom. The summed E-state index contributed by atoms with van der Waals surface area (Å²) in [6.07, 6.45) is 8.88. The van der Waals surface area contributed by atoms with Crippen LogP contribution < -0.4 is 0 Å². The number of hydrogen-bond donors (Lipinski definition) is 0. The lowest BCUT2D eigenvalue weighted by molar-refractivity contribution is -0.0637. The van der Waals surface area contributed by atoms with E-state index in [9.17, 15) is 0 Å². The van der Waals surface area contributed by atoms with Crippen LogP contribution in [0.25, 0.3) is 0 Å². The molecule has 0 atom stereocenters. The van der Waals surface area contributed by atoms with Gasteiger partial charge in [-0.15, -0.1) is 0 Å². The van der Waals surface area contributed by atoms with Gasteiger partial charge in [-0.3, -0.25) is 0 Å². The van der Waals surface area contributed by atoms with Gasteiger partial charge in [-0.25, -0.2) is 0 Å². The van der Waals surface area contributed by atoms with Crippen molar-refractivity contribution in [2.75, 3.05) is 0 Å². The van der Waals surface area contributed by atoms with Crippen molar-refractivity contribution in [2.45, 2.75) is 26.1 Å². The van der Waals surface area contributed by atoms with Gasteiger partial charge >= 0.3 is 0 Å². The second kappa shape index (κ2) is 3.99.